The van der Waals surface area contributed by atoms with Gasteiger partial charge in [-0.05, 0) is 44.1 Å². The van der Waals surface area contributed by atoms with E-state index in [-0.39, 0.29) is 5.60 Å². The second-order valence-electron chi connectivity index (χ2n) is 6.41. The van der Waals surface area contributed by atoms with Crippen LogP contribution in [0.25, 0.3) is 0 Å². The van der Waals surface area contributed by atoms with Crippen LogP contribution < -0.4 is 0 Å². The van der Waals surface area contributed by atoms with Crippen molar-refractivity contribution in [3.05, 3.63) is 35.9 Å². The predicted octanol–water partition coefficient (Wildman–Crippen LogP) is 6.02. The van der Waals surface area contributed by atoms with Crippen molar-refractivity contribution >= 4 is 0 Å². The molecule has 0 saturated carbocycles. The number of ether oxygens (including phenoxy) is 1. The van der Waals surface area contributed by atoms with E-state index in [4.69, 9.17) is 4.74 Å². The van der Waals surface area contributed by atoms with Crippen LogP contribution in [0.4, 0.5) is 0 Å². The zero-order valence-corrected chi connectivity index (χ0v) is 14.7. The van der Waals surface area contributed by atoms with Gasteiger partial charge in [-0.25, -0.2) is 0 Å². The SMILES string of the molecule is CCC(CC)C(CCc1ccccc1)OC(C)(CC)CC. The van der Waals surface area contributed by atoms with Crippen LogP contribution in [0.1, 0.15) is 72.3 Å². The van der Waals surface area contributed by atoms with Crippen molar-refractivity contribution < 1.29 is 4.74 Å². The Hall–Kier alpha value is -0.820. The molecule has 0 aliphatic carbocycles. The molecule has 1 heteroatoms. The highest BCUT2D eigenvalue weighted by Crippen LogP contribution is 2.29. The maximum Gasteiger partial charge on any atom is 0.0653 e. The van der Waals surface area contributed by atoms with E-state index >= 15 is 0 Å². The molecule has 0 aliphatic heterocycles. The van der Waals surface area contributed by atoms with Gasteiger partial charge in [0.2, 0.25) is 0 Å². The van der Waals surface area contributed by atoms with Crippen LogP contribution in [-0.2, 0) is 11.2 Å². The third-order valence-electron chi connectivity index (χ3n) is 5.07. The molecule has 1 aromatic rings. The summed E-state index contributed by atoms with van der Waals surface area (Å²) in [6, 6.07) is 10.8. The summed E-state index contributed by atoms with van der Waals surface area (Å²) in [5.41, 5.74) is 1.45. The van der Waals surface area contributed by atoms with E-state index in [2.05, 4.69) is 65.0 Å². The summed E-state index contributed by atoms with van der Waals surface area (Å²) < 4.78 is 6.60. The molecule has 1 rings (SSSR count). The van der Waals surface area contributed by atoms with Crippen molar-refractivity contribution in [3.8, 4) is 0 Å². The van der Waals surface area contributed by atoms with Crippen LogP contribution in [0.3, 0.4) is 0 Å². The number of benzene rings is 1. The Morgan fingerprint density at radius 3 is 2.00 bits per heavy atom. The Morgan fingerprint density at radius 2 is 1.52 bits per heavy atom. The van der Waals surface area contributed by atoms with Crippen molar-refractivity contribution in [2.24, 2.45) is 5.92 Å². The first-order valence-corrected chi connectivity index (χ1v) is 8.80. The van der Waals surface area contributed by atoms with Gasteiger partial charge in [0.25, 0.3) is 0 Å². The molecule has 0 amide bonds. The Balaban J connectivity index is 2.72. The third-order valence-corrected chi connectivity index (χ3v) is 5.07. The molecule has 0 aliphatic rings. The van der Waals surface area contributed by atoms with E-state index < -0.39 is 0 Å². The summed E-state index contributed by atoms with van der Waals surface area (Å²) in [6.45, 7) is 11.3. The van der Waals surface area contributed by atoms with Gasteiger partial charge in [0, 0.05) is 0 Å². The maximum absolute atomic E-state index is 6.60. The first kappa shape index (κ1) is 18.2. The molecule has 1 nitrogen and oxygen atoms in total. The summed E-state index contributed by atoms with van der Waals surface area (Å²) in [5.74, 6) is 0.672. The first-order chi connectivity index (χ1) is 10.1. The van der Waals surface area contributed by atoms with E-state index in [1.54, 1.807) is 0 Å². The fourth-order valence-electron chi connectivity index (χ4n) is 2.94. The van der Waals surface area contributed by atoms with Crippen LogP contribution in [0.15, 0.2) is 30.3 Å². The van der Waals surface area contributed by atoms with Crippen molar-refractivity contribution in [3.63, 3.8) is 0 Å². The molecule has 1 atom stereocenters. The highest BCUT2D eigenvalue weighted by atomic mass is 16.5. The van der Waals surface area contributed by atoms with E-state index in [1.807, 2.05) is 0 Å². The summed E-state index contributed by atoms with van der Waals surface area (Å²) in [7, 11) is 0. The van der Waals surface area contributed by atoms with Gasteiger partial charge in [-0.2, -0.15) is 0 Å². The molecule has 0 N–H and O–H groups in total. The monoisotopic (exact) mass is 290 g/mol. The van der Waals surface area contributed by atoms with Crippen molar-refractivity contribution in [2.45, 2.75) is 84.8 Å². The number of hydrogen-bond donors (Lipinski definition) is 0. The van der Waals surface area contributed by atoms with E-state index in [1.165, 1.54) is 18.4 Å². The highest BCUT2D eigenvalue weighted by Gasteiger charge is 2.28. The quantitative estimate of drug-likeness (QED) is 0.512. The first-order valence-electron chi connectivity index (χ1n) is 8.80. The van der Waals surface area contributed by atoms with Crippen molar-refractivity contribution in [2.75, 3.05) is 0 Å². The smallest absolute Gasteiger partial charge is 0.0653 e. The lowest BCUT2D eigenvalue weighted by Gasteiger charge is -2.36. The fraction of sp³-hybridized carbons (Fsp3) is 0.700. The lowest BCUT2D eigenvalue weighted by atomic mass is 9.90. The minimum Gasteiger partial charge on any atom is -0.372 e. The Bertz CT molecular complexity index is 363. The minimum atomic E-state index is 0.0317. The van der Waals surface area contributed by atoms with Crippen LogP contribution in [0, 0.1) is 5.92 Å². The molecule has 0 radical (unpaired) electrons. The number of rotatable bonds is 10. The van der Waals surface area contributed by atoms with Gasteiger partial charge < -0.3 is 4.74 Å². The zero-order chi connectivity index (χ0) is 15.7. The maximum atomic E-state index is 6.60. The van der Waals surface area contributed by atoms with E-state index in [0.717, 1.165) is 25.7 Å². The van der Waals surface area contributed by atoms with Crippen LogP contribution in [-0.4, -0.2) is 11.7 Å². The van der Waals surface area contributed by atoms with E-state index in [9.17, 15) is 0 Å². The minimum absolute atomic E-state index is 0.0317. The van der Waals surface area contributed by atoms with Gasteiger partial charge in [-0.15, -0.1) is 0 Å². The molecule has 0 bridgehead atoms. The third kappa shape index (κ3) is 5.82. The van der Waals surface area contributed by atoms with Crippen LogP contribution in [0.2, 0.25) is 0 Å². The van der Waals surface area contributed by atoms with Gasteiger partial charge in [0.05, 0.1) is 11.7 Å². The fourth-order valence-corrected chi connectivity index (χ4v) is 2.94. The van der Waals surface area contributed by atoms with Gasteiger partial charge in [-0.3, -0.25) is 0 Å². The van der Waals surface area contributed by atoms with E-state index in [0.29, 0.717) is 12.0 Å². The molecule has 120 valence electrons. The van der Waals surface area contributed by atoms with Crippen LogP contribution >= 0.6 is 0 Å². The van der Waals surface area contributed by atoms with Crippen LogP contribution in [0.5, 0.6) is 0 Å². The molecule has 0 saturated heterocycles. The molecule has 0 spiro atoms. The Morgan fingerprint density at radius 1 is 0.952 bits per heavy atom. The summed E-state index contributed by atoms with van der Waals surface area (Å²) >= 11 is 0. The second kappa shape index (κ2) is 9.25. The summed E-state index contributed by atoms with van der Waals surface area (Å²) in [4.78, 5) is 0. The van der Waals surface area contributed by atoms with Crippen molar-refractivity contribution in [1.82, 2.24) is 0 Å². The Kier molecular flexibility index (Phi) is 8.03. The van der Waals surface area contributed by atoms with Gasteiger partial charge >= 0.3 is 0 Å². The molecule has 0 fully saturated rings. The molecule has 21 heavy (non-hydrogen) atoms. The second-order valence-corrected chi connectivity index (χ2v) is 6.41. The van der Waals surface area contributed by atoms with Crippen molar-refractivity contribution in [1.29, 1.82) is 0 Å². The normalized spacial score (nSPS) is 13.6. The lowest BCUT2D eigenvalue weighted by molar-refractivity contribution is -0.113. The summed E-state index contributed by atoms with van der Waals surface area (Å²) in [6.07, 6.45) is 7.22. The Labute approximate surface area is 132 Å². The molecule has 0 heterocycles. The molecule has 0 aromatic heterocycles. The molecule has 1 aromatic carbocycles. The molecule has 1 unspecified atom stereocenters. The largest absolute Gasteiger partial charge is 0.372 e. The zero-order valence-electron chi connectivity index (χ0n) is 14.7. The predicted molar refractivity (Wildman–Crippen MR) is 92.7 cm³/mol. The number of hydrogen-bond acceptors (Lipinski definition) is 1. The average molecular weight is 290 g/mol. The van der Waals surface area contributed by atoms with Gasteiger partial charge in [0.1, 0.15) is 0 Å². The molecular formula is C20H34O. The number of aryl methyl sites for hydroxylation is 1. The standard InChI is InChI=1S/C20H34O/c1-6-18(7-2)19(21-20(5,8-3)9-4)16-15-17-13-11-10-12-14-17/h10-14,18-19H,6-9,15-16H2,1-5H3. The average Bonchev–Trinajstić information content (AvgIpc) is 2.54. The molecular weight excluding hydrogens is 256 g/mol. The summed E-state index contributed by atoms with van der Waals surface area (Å²) in [5, 5.41) is 0. The van der Waals surface area contributed by atoms with Gasteiger partial charge in [-0.1, -0.05) is 70.9 Å². The highest BCUT2D eigenvalue weighted by molar-refractivity contribution is 5.14. The lowest BCUT2D eigenvalue weighted by Crippen LogP contribution is -2.36. The topological polar surface area (TPSA) is 9.23 Å². The van der Waals surface area contributed by atoms with Gasteiger partial charge in [0.15, 0.2) is 0 Å².